The SMILES string of the molecule is NC(=O)c1noc(-c2ccccc2)c1C1CC(n2cc(CO)cn2)C1. The largest absolute Gasteiger partial charge is 0.392 e. The number of carbonyl (C=O) groups excluding carboxylic acids is 1. The van der Waals surface area contributed by atoms with E-state index >= 15 is 0 Å². The van der Waals surface area contributed by atoms with E-state index < -0.39 is 5.91 Å². The normalized spacial score (nSPS) is 19.6. The molecule has 1 aliphatic rings. The van der Waals surface area contributed by atoms with E-state index in [1.165, 1.54) is 0 Å². The van der Waals surface area contributed by atoms with Crippen LogP contribution in [0.4, 0.5) is 0 Å². The minimum absolute atomic E-state index is 0.0220. The second-order valence-corrected chi connectivity index (χ2v) is 6.31. The fraction of sp³-hybridized carbons (Fsp3) is 0.278. The van der Waals surface area contributed by atoms with Crippen molar-refractivity contribution in [2.75, 3.05) is 0 Å². The predicted molar refractivity (Wildman–Crippen MR) is 89.6 cm³/mol. The van der Waals surface area contributed by atoms with Crippen LogP contribution in [0.2, 0.25) is 0 Å². The maximum absolute atomic E-state index is 11.8. The summed E-state index contributed by atoms with van der Waals surface area (Å²) in [5, 5.41) is 17.4. The molecule has 7 nitrogen and oxygen atoms in total. The van der Waals surface area contributed by atoms with Crippen molar-refractivity contribution in [1.29, 1.82) is 0 Å². The van der Waals surface area contributed by atoms with E-state index in [0.717, 1.165) is 29.5 Å². The van der Waals surface area contributed by atoms with E-state index in [0.29, 0.717) is 5.76 Å². The third-order valence-corrected chi connectivity index (χ3v) is 4.73. The zero-order valence-corrected chi connectivity index (χ0v) is 13.5. The van der Waals surface area contributed by atoms with Gasteiger partial charge in [0, 0.05) is 22.9 Å². The van der Waals surface area contributed by atoms with Gasteiger partial charge in [0.05, 0.1) is 18.8 Å². The molecule has 7 heteroatoms. The molecule has 3 aromatic rings. The quantitative estimate of drug-likeness (QED) is 0.742. The maximum Gasteiger partial charge on any atom is 0.271 e. The number of rotatable bonds is 5. The van der Waals surface area contributed by atoms with E-state index in [2.05, 4.69) is 10.3 Å². The van der Waals surface area contributed by atoms with Gasteiger partial charge in [-0.1, -0.05) is 35.5 Å². The highest BCUT2D eigenvalue weighted by Crippen LogP contribution is 2.48. The van der Waals surface area contributed by atoms with Gasteiger partial charge < -0.3 is 15.4 Å². The lowest BCUT2D eigenvalue weighted by atomic mass is 9.74. The molecule has 1 aliphatic carbocycles. The van der Waals surface area contributed by atoms with Crippen molar-refractivity contribution in [3.05, 3.63) is 59.5 Å². The van der Waals surface area contributed by atoms with Gasteiger partial charge >= 0.3 is 0 Å². The summed E-state index contributed by atoms with van der Waals surface area (Å²) in [4.78, 5) is 11.8. The van der Waals surface area contributed by atoms with Gasteiger partial charge in [0.25, 0.3) is 5.91 Å². The minimum atomic E-state index is -0.578. The van der Waals surface area contributed by atoms with Crippen molar-refractivity contribution < 1.29 is 14.4 Å². The summed E-state index contributed by atoms with van der Waals surface area (Å²) < 4.78 is 7.32. The molecule has 0 unspecified atom stereocenters. The Morgan fingerprint density at radius 2 is 2.08 bits per heavy atom. The van der Waals surface area contributed by atoms with Crippen LogP contribution >= 0.6 is 0 Å². The van der Waals surface area contributed by atoms with Gasteiger partial charge in [0.2, 0.25) is 0 Å². The van der Waals surface area contributed by atoms with Crippen molar-refractivity contribution in [2.45, 2.75) is 31.4 Å². The summed E-state index contributed by atoms with van der Waals surface area (Å²) in [5.74, 6) is 0.163. The Balaban J connectivity index is 1.62. The smallest absolute Gasteiger partial charge is 0.271 e. The summed E-state index contributed by atoms with van der Waals surface area (Å²) in [5.41, 5.74) is 8.14. The van der Waals surface area contributed by atoms with Crippen molar-refractivity contribution in [2.24, 2.45) is 5.73 Å². The number of carbonyl (C=O) groups is 1. The van der Waals surface area contributed by atoms with Crippen molar-refractivity contribution in [1.82, 2.24) is 14.9 Å². The molecule has 2 heterocycles. The van der Waals surface area contributed by atoms with Crippen LogP contribution in [0.1, 0.15) is 46.4 Å². The summed E-state index contributed by atoms with van der Waals surface area (Å²) in [6.07, 6.45) is 5.14. The molecule has 0 spiro atoms. The molecule has 4 rings (SSSR count). The van der Waals surface area contributed by atoms with Crippen LogP contribution in [0.25, 0.3) is 11.3 Å². The predicted octanol–water partition coefficient (Wildman–Crippen LogP) is 2.25. The van der Waals surface area contributed by atoms with Gasteiger partial charge in [0.15, 0.2) is 11.5 Å². The molecule has 128 valence electrons. The third-order valence-electron chi connectivity index (χ3n) is 4.73. The Hall–Kier alpha value is -2.93. The lowest BCUT2D eigenvalue weighted by Crippen LogP contribution is -2.27. The van der Waals surface area contributed by atoms with Crippen molar-refractivity contribution in [3.63, 3.8) is 0 Å². The average molecular weight is 338 g/mol. The Morgan fingerprint density at radius 3 is 2.72 bits per heavy atom. The van der Waals surface area contributed by atoms with Crippen LogP contribution in [0.3, 0.4) is 0 Å². The minimum Gasteiger partial charge on any atom is -0.392 e. The first kappa shape index (κ1) is 15.6. The van der Waals surface area contributed by atoms with Crippen LogP contribution in [-0.2, 0) is 6.61 Å². The number of aliphatic hydroxyl groups is 1. The van der Waals surface area contributed by atoms with Gasteiger partial charge in [-0.05, 0) is 18.8 Å². The van der Waals surface area contributed by atoms with Crippen LogP contribution < -0.4 is 5.73 Å². The Morgan fingerprint density at radius 1 is 1.32 bits per heavy atom. The topological polar surface area (TPSA) is 107 Å². The molecule has 1 saturated carbocycles. The number of aromatic nitrogens is 3. The van der Waals surface area contributed by atoms with Gasteiger partial charge in [0.1, 0.15) is 0 Å². The molecule has 3 N–H and O–H groups in total. The zero-order valence-electron chi connectivity index (χ0n) is 13.5. The number of benzene rings is 1. The standard InChI is InChI=1S/C18H18N4O3/c19-18(24)16-15(17(25-21-16)12-4-2-1-3-5-12)13-6-14(7-13)22-9-11(10-23)8-20-22/h1-5,8-9,13-14,23H,6-7,10H2,(H2,19,24). The molecule has 0 saturated heterocycles. The fourth-order valence-corrected chi connectivity index (χ4v) is 3.35. The van der Waals surface area contributed by atoms with Crippen molar-refractivity contribution >= 4 is 5.91 Å². The van der Waals surface area contributed by atoms with E-state index in [9.17, 15) is 4.79 Å². The second-order valence-electron chi connectivity index (χ2n) is 6.31. The molecular weight excluding hydrogens is 320 g/mol. The Bertz CT molecular complexity index is 894. The molecule has 0 bridgehead atoms. The summed E-state index contributed by atoms with van der Waals surface area (Å²) in [7, 11) is 0. The molecule has 0 atom stereocenters. The zero-order chi connectivity index (χ0) is 17.4. The number of hydrogen-bond acceptors (Lipinski definition) is 5. The van der Waals surface area contributed by atoms with Crippen LogP contribution in [-0.4, -0.2) is 26.0 Å². The Labute approximate surface area is 144 Å². The molecule has 0 aliphatic heterocycles. The summed E-state index contributed by atoms with van der Waals surface area (Å²) in [6, 6.07) is 9.82. The molecule has 1 fully saturated rings. The molecule has 1 aromatic carbocycles. The highest BCUT2D eigenvalue weighted by atomic mass is 16.5. The van der Waals surface area contributed by atoms with Gasteiger partial charge in [-0.25, -0.2) is 0 Å². The monoisotopic (exact) mass is 338 g/mol. The Kier molecular flexibility index (Phi) is 3.85. The first-order chi connectivity index (χ1) is 12.2. The van der Waals surface area contributed by atoms with E-state index in [-0.39, 0.29) is 24.3 Å². The maximum atomic E-state index is 11.8. The average Bonchev–Trinajstić information content (AvgIpc) is 3.22. The van der Waals surface area contributed by atoms with Crippen molar-refractivity contribution in [3.8, 4) is 11.3 Å². The highest BCUT2D eigenvalue weighted by Gasteiger charge is 2.38. The molecule has 25 heavy (non-hydrogen) atoms. The second kappa shape index (κ2) is 6.18. The lowest BCUT2D eigenvalue weighted by molar-refractivity contribution is 0.0989. The van der Waals surface area contributed by atoms with Gasteiger partial charge in [-0.2, -0.15) is 5.10 Å². The summed E-state index contributed by atoms with van der Waals surface area (Å²) in [6.45, 7) is -0.0220. The molecule has 0 radical (unpaired) electrons. The van der Waals surface area contributed by atoms with Crippen LogP contribution in [0.15, 0.2) is 47.2 Å². The first-order valence-electron chi connectivity index (χ1n) is 8.16. The first-order valence-corrected chi connectivity index (χ1v) is 8.16. The molecule has 2 aromatic heterocycles. The number of amides is 1. The number of nitrogens with two attached hydrogens (primary N) is 1. The third kappa shape index (κ3) is 2.72. The van der Waals surface area contributed by atoms with E-state index in [4.69, 9.17) is 15.4 Å². The van der Waals surface area contributed by atoms with E-state index in [1.54, 1.807) is 6.20 Å². The number of hydrogen-bond donors (Lipinski definition) is 2. The number of aliphatic hydroxyl groups excluding tert-OH is 1. The highest BCUT2D eigenvalue weighted by molar-refractivity contribution is 5.94. The lowest BCUT2D eigenvalue weighted by Gasteiger charge is -2.35. The van der Waals surface area contributed by atoms with Gasteiger partial charge in [-0.15, -0.1) is 0 Å². The van der Waals surface area contributed by atoms with E-state index in [1.807, 2.05) is 41.2 Å². The van der Waals surface area contributed by atoms with Gasteiger partial charge in [-0.3, -0.25) is 9.48 Å². The molecular formula is C18H18N4O3. The van der Waals surface area contributed by atoms with Crippen LogP contribution in [0, 0.1) is 0 Å². The number of nitrogens with zero attached hydrogens (tertiary/aromatic N) is 3. The molecule has 1 amide bonds. The van der Waals surface area contributed by atoms with Crippen LogP contribution in [0.5, 0.6) is 0 Å². The number of primary amides is 1. The summed E-state index contributed by atoms with van der Waals surface area (Å²) >= 11 is 0. The fourth-order valence-electron chi connectivity index (χ4n) is 3.35.